The summed E-state index contributed by atoms with van der Waals surface area (Å²) in [7, 11) is 6.74. The predicted octanol–water partition coefficient (Wildman–Crippen LogP) is 8.18. The Balaban J connectivity index is 1.81. The van der Waals surface area contributed by atoms with Crippen LogP contribution in [0.2, 0.25) is 0 Å². The number of benzene rings is 4. The van der Waals surface area contributed by atoms with E-state index in [9.17, 15) is 0 Å². The van der Waals surface area contributed by atoms with E-state index in [4.69, 9.17) is 18.9 Å². The number of hydrogen-bond acceptors (Lipinski definition) is 4. The highest BCUT2D eigenvalue weighted by Gasteiger charge is 2.13. The van der Waals surface area contributed by atoms with Gasteiger partial charge in [-0.2, -0.15) is 0 Å². The monoisotopic (exact) mass is 506 g/mol. The van der Waals surface area contributed by atoms with Crippen LogP contribution in [0.1, 0.15) is 40.3 Å². The molecular weight excluding hydrogens is 472 g/mol. The van der Waals surface area contributed by atoms with Gasteiger partial charge in [0.1, 0.15) is 23.0 Å². The van der Waals surface area contributed by atoms with Gasteiger partial charge in [0.2, 0.25) is 0 Å². The van der Waals surface area contributed by atoms with E-state index in [1.165, 1.54) is 5.56 Å². The normalized spacial score (nSPS) is 11.7. The van der Waals surface area contributed by atoms with Gasteiger partial charge >= 0.3 is 0 Å². The van der Waals surface area contributed by atoms with Crippen molar-refractivity contribution in [3.8, 4) is 23.0 Å². The van der Waals surface area contributed by atoms with Crippen molar-refractivity contribution < 1.29 is 18.9 Å². The third kappa shape index (κ3) is 6.09. The molecule has 0 saturated carbocycles. The highest BCUT2D eigenvalue weighted by atomic mass is 16.5. The third-order valence-electron chi connectivity index (χ3n) is 6.56. The minimum absolute atomic E-state index is 0.762. The van der Waals surface area contributed by atoms with Crippen molar-refractivity contribution in [1.29, 1.82) is 0 Å². The lowest BCUT2D eigenvalue weighted by Gasteiger charge is -2.15. The number of hydrogen-bond donors (Lipinski definition) is 0. The van der Waals surface area contributed by atoms with Crippen molar-refractivity contribution in [3.63, 3.8) is 0 Å². The maximum atomic E-state index is 5.87. The third-order valence-corrected chi connectivity index (χ3v) is 6.56. The second-order valence-electron chi connectivity index (χ2n) is 9.04. The molecule has 0 fully saturated rings. The molecule has 0 saturated heterocycles. The van der Waals surface area contributed by atoms with Crippen LogP contribution in [0.25, 0.3) is 23.3 Å². The number of ether oxygens (including phenoxy) is 4. The van der Waals surface area contributed by atoms with Crippen LogP contribution < -0.4 is 18.9 Å². The number of allylic oxidation sites excluding steroid dienone is 1. The summed E-state index contributed by atoms with van der Waals surface area (Å²) in [6, 6.07) is 28.7. The molecule has 4 heteroatoms. The van der Waals surface area contributed by atoms with Crippen molar-refractivity contribution in [3.05, 3.63) is 118 Å². The molecule has 0 heterocycles. The number of rotatable bonds is 9. The van der Waals surface area contributed by atoms with Crippen molar-refractivity contribution >= 4 is 23.3 Å². The fourth-order valence-corrected chi connectivity index (χ4v) is 4.33. The Morgan fingerprint density at radius 1 is 0.526 bits per heavy atom. The molecule has 38 heavy (non-hydrogen) atoms. The quantitative estimate of drug-likeness (QED) is 0.215. The first-order chi connectivity index (χ1) is 18.4. The van der Waals surface area contributed by atoms with E-state index in [0.29, 0.717) is 0 Å². The van der Waals surface area contributed by atoms with Gasteiger partial charge in [0, 0.05) is 11.1 Å². The molecule has 4 aromatic carbocycles. The second-order valence-corrected chi connectivity index (χ2v) is 9.04. The topological polar surface area (TPSA) is 36.9 Å². The van der Waals surface area contributed by atoms with E-state index in [2.05, 4.69) is 62.4 Å². The summed E-state index contributed by atoms with van der Waals surface area (Å²) in [6.45, 7) is 4.18. The first-order valence-corrected chi connectivity index (χ1v) is 12.5. The molecule has 0 amide bonds. The van der Waals surface area contributed by atoms with Gasteiger partial charge in [-0.25, -0.2) is 0 Å². The molecule has 0 spiro atoms. The highest BCUT2D eigenvalue weighted by Crippen LogP contribution is 2.36. The Kier molecular flexibility index (Phi) is 8.55. The Bertz CT molecular complexity index is 1430. The molecule has 0 aliphatic rings. The maximum Gasteiger partial charge on any atom is 0.126 e. The summed E-state index contributed by atoms with van der Waals surface area (Å²) >= 11 is 0. The molecule has 0 atom stereocenters. The number of methoxy groups -OCH3 is 4. The SMILES string of the molecule is COc1ccc(C(C)=Cc2cc(OC)c(C=C(c3ccc(C)cc3)c3ccc(OC)cc3)cc2OC)cc1. The predicted molar refractivity (Wildman–Crippen MR) is 157 cm³/mol. The van der Waals surface area contributed by atoms with Crippen molar-refractivity contribution in [2.45, 2.75) is 13.8 Å². The molecule has 0 aromatic heterocycles. The summed E-state index contributed by atoms with van der Waals surface area (Å²) in [4.78, 5) is 0. The van der Waals surface area contributed by atoms with E-state index in [-0.39, 0.29) is 0 Å². The summed E-state index contributed by atoms with van der Waals surface area (Å²) in [5, 5.41) is 0. The summed E-state index contributed by atoms with van der Waals surface area (Å²) in [5.41, 5.74) is 8.56. The Labute approximate surface area is 225 Å². The maximum absolute atomic E-state index is 5.87. The van der Waals surface area contributed by atoms with Crippen LogP contribution in [-0.2, 0) is 0 Å². The zero-order valence-corrected chi connectivity index (χ0v) is 22.9. The van der Waals surface area contributed by atoms with Crippen LogP contribution in [0.4, 0.5) is 0 Å². The molecule has 194 valence electrons. The molecule has 0 aliphatic heterocycles. The van der Waals surface area contributed by atoms with Crippen LogP contribution in [0.15, 0.2) is 84.9 Å². The van der Waals surface area contributed by atoms with Gasteiger partial charge in [0.25, 0.3) is 0 Å². The average molecular weight is 507 g/mol. The van der Waals surface area contributed by atoms with Crippen LogP contribution in [0.3, 0.4) is 0 Å². The summed E-state index contributed by atoms with van der Waals surface area (Å²) in [5.74, 6) is 3.18. The average Bonchev–Trinajstić information content (AvgIpc) is 2.96. The molecule has 0 N–H and O–H groups in total. The fraction of sp³-hybridized carbons (Fsp3) is 0.176. The van der Waals surface area contributed by atoms with E-state index in [1.54, 1.807) is 28.4 Å². The smallest absolute Gasteiger partial charge is 0.126 e. The molecule has 4 nitrogen and oxygen atoms in total. The molecule has 0 bridgehead atoms. The summed E-state index contributed by atoms with van der Waals surface area (Å²) < 4.78 is 22.4. The molecule has 4 rings (SSSR count). The first kappa shape index (κ1) is 26.6. The Morgan fingerprint density at radius 2 is 0.947 bits per heavy atom. The molecule has 0 aliphatic carbocycles. The second kappa shape index (κ2) is 12.2. The lowest BCUT2D eigenvalue weighted by Crippen LogP contribution is -1.95. The fourth-order valence-electron chi connectivity index (χ4n) is 4.33. The van der Waals surface area contributed by atoms with Crippen molar-refractivity contribution in [2.24, 2.45) is 0 Å². The van der Waals surface area contributed by atoms with Crippen LogP contribution in [-0.4, -0.2) is 28.4 Å². The van der Waals surface area contributed by atoms with Gasteiger partial charge in [-0.3, -0.25) is 0 Å². The van der Waals surface area contributed by atoms with E-state index in [1.807, 2.05) is 48.5 Å². The zero-order valence-electron chi connectivity index (χ0n) is 22.9. The lowest BCUT2D eigenvalue weighted by atomic mass is 9.94. The molecule has 4 aromatic rings. The molecule has 0 radical (unpaired) electrons. The van der Waals surface area contributed by atoms with E-state index < -0.39 is 0 Å². The van der Waals surface area contributed by atoms with Gasteiger partial charge < -0.3 is 18.9 Å². The van der Waals surface area contributed by atoms with Crippen LogP contribution in [0, 0.1) is 6.92 Å². The Morgan fingerprint density at radius 3 is 1.39 bits per heavy atom. The van der Waals surface area contributed by atoms with Gasteiger partial charge in [-0.05, 0) is 90.2 Å². The van der Waals surface area contributed by atoms with Crippen molar-refractivity contribution in [2.75, 3.05) is 28.4 Å². The van der Waals surface area contributed by atoms with Gasteiger partial charge in [-0.1, -0.05) is 54.1 Å². The van der Waals surface area contributed by atoms with Crippen LogP contribution >= 0.6 is 0 Å². The lowest BCUT2D eigenvalue weighted by molar-refractivity contribution is 0.401. The minimum atomic E-state index is 0.762. The first-order valence-electron chi connectivity index (χ1n) is 12.5. The molecule has 0 unspecified atom stereocenters. The van der Waals surface area contributed by atoms with Gasteiger partial charge in [0.05, 0.1) is 28.4 Å². The van der Waals surface area contributed by atoms with E-state index in [0.717, 1.165) is 62.0 Å². The standard InChI is InChI=1S/C34H34O4/c1-23-7-9-26(10-8-23)32(27-13-17-31(36-4)18-14-27)20-29-22-33(37-5)28(21-34(29)38-6)19-24(2)25-11-15-30(35-3)16-12-25/h7-22H,1-6H3. The van der Waals surface area contributed by atoms with Crippen LogP contribution in [0.5, 0.6) is 23.0 Å². The largest absolute Gasteiger partial charge is 0.497 e. The van der Waals surface area contributed by atoms with E-state index >= 15 is 0 Å². The highest BCUT2D eigenvalue weighted by molar-refractivity contribution is 5.93. The van der Waals surface area contributed by atoms with Gasteiger partial charge in [-0.15, -0.1) is 0 Å². The zero-order chi connectivity index (χ0) is 27.1. The van der Waals surface area contributed by atoms with Crippen molar-refractivity contribution in [1.82, 2.24) is 0 Å². The Hall–Kier alpha value is -4.44. The number of aryl methyl sites for hydroxylation is 1. The molecular formula is C34H34O4. The van der Waals surface area contributed by atoms with Gasteiger partial charge in [0.15, 0.2) is 0 Å². The summed E-state index contributed by atoms with van der Waals surface area (Å²) in [6.07, 6.45) is 4.26. The minimum Gasteiger partial charge on any atom is -0.497 e.